The van der Waals surface area contributed by atoms with Gasteiger partial charge in [-0.05, 0) is 32.0 Å². The third-order valence-electron chi connectivity index (χ3n) is 3.28. The van der Waals surface area contributed by atoms with E-state index < -0.39 is 0 Å². The topological polar surface area (TPSA) is 28.2 Å². The molecule has 0 aliphatic carbocycles. The first kappa shape index (κ1) is 10.6. The van der Waals surface area contributed by atoms with Crippen molar-refractivity contribution >= 4 is 0 Å². The van der Waals surface area contributed by atoms with E-state index in [1.54, 1.807) is 0 Å². The van der Waals surface area contributed by atoms with Crippen LogP contribution in [0.2, 0.25) is 0 Å². The number of nitrogens with one attached hydrogen (secondary N) is 1. The molecule has 1 saturated heterocycles. The first-order valence-corrected chi connectivity index (χ1v) is 5.52. The van der Waals surface area contributed by atoms with E-state index in [1.807, 2.05) is 25.5 Å². The van der Waals surface area contributed by atoms with E-state index in [4.69, 9.17) is 0 Å². The van der Waals surface area contributed by atoms with E-state index in [0.29, 0.717) is 5.54 Å². The van der Waals surface area contributed by atoms with Gasteiger partial charge in [0.1, 0.15) is 0 Å². The molecule has 0 spiro atoms. The lowest BCUT2D eigenvalue weighted by molar-refractivity contribution is 0.294. The molecule has 1 aliphatic heterocycles. The van der Waals surface area contributed by atoms with Gasteiger partial charge in [0.2, 0.25) is 0 Å². The minimum atomic E-state index is 0.294. The molecule has 3 heteroatoms. The fourth-order valence-corrected chi connectivity index (χ4v) is 2.15. The molecule has 1 fully saturated rings. The maximum atomic E-state index is 4.14. The van der Waals surface area contributed by atoms with Crippen LogP contribution < -0.4 is 5.32 Å². The molecule has 0 radical (unpaired) electrons. The number of likely N-dealkylation sites (tertiary alicyclic amines) is 1. The number of nitrogens with zero attached hydrogens (tertiary/aromatic N) is 2. The molecular weight excluding hydrogens is 186 g/mol. The van der Waals surface area contributed by atoms with E-state index in [1.165, 1.54) is 18.5 Å². The van der Waals surface area contributed by atoms with Crippen molar-refractivity contribution in [3.8, 4) is 0 Å². The Balaban J connectivity index is 1.93. The van der Waals surface area contributed by atoms with Crippen molar-refractivity contribution < 1.29 is 0 Å². The Kier molecular flexibility index (Phi) is 3.03. The van der Waals surface area contributed by atoms with Gasteiger partial charge < -0.3 is 5.32 Å². The SMILES string of the molecule is CNC1(C)CCN(Cc2cccnc2)C1. The first-order chi connectivity index (χ1) is 7.22. The van der Waals surface area contributed by atoms with Crippen molar-refractivity contribution in [2.24, 2.45) is 0 Å². The van der Waals surface area contributed by atoms with E-state index in [-0.39, 0.29) is 0 Å². The van der Waals surface area contributed by atoms with Crippen LogP contribution in [-0.4, -0.2) is 35.6 Å². The highest BCUT2D eigenvalue weighted by atomic mass is 15.2. The van der Waals surface area contributed by atoms with Crippen LogP contribution in [-0.2, 0) is 6.54 Å². The van der Waals surface area contributed by atoms with Gasteiger partial charge in [-0.2, -0.15) is 0 Å². The summed E-state index contributed by atoms with van der Waals surface area (Å²) in [4.78, 5) is 6.62. The lowest BCUT2D eigenvalue weighted by Crippen LogP contribution is -2.42. The van der Waals surface area contributed by atoms with E-state index in [9.17, 15) is 0 Å². The zero-order valence-corrected chi connectivity index (χ0v) is 9.53. The maximum absolute atomic E-state index is 4.14. The van der Waals surface area contributed by atoms with Gasteiger partial charge in [0.25, 0.3) is 0 Å². The summed E-state index contributed by atoms with van der Waals surface area (Å²) < 4.78 is 0. The minimum Gasteiger partial charge on any atom is -0.313 e. The number of rotatable bonds is 3. The molecule has 1 unspecified atom stereocenters. The summed E-state index contributed by atoms with van der Waals surface area (Å²) in [5.41, 5.74) is 1.60. The molecule has 1 atom stereocenters. The third kappa shape index (κ3) is 2.55. The monoisotopic (exact) mass is 205 g/mol. The van der Waals surface area contributed by atoms with Crippen molar-refractivity contribution in [3.05, 3.63) is 30.1 Å². The minimum absolute atomic E-state index is 0.294. The van der Waals surface area contributed by atoms with Gasteiger partial charge in [0, 0.05) is 37.6 Å². The first-order valence-electron chi connectivity index (χ1n) is 5.52. The van der Waals surface area contributed by atoms with E-state index in [2.05, 4.69) is 28.2 Å². The molecule has 82 valence electrons. The molecule has 0 bridgehead atoms. The van der Waals surface area contributed by atoms with Gasteiger partial charge in [-0.1, -0.05) is 6.07 Å². The average molecular weight is 205 g/mol. The van der Waals surface area contributed by atoms with Crippen LogP contribution in [0.4, 0.5) is 0 Å². The van der Waals surface area contributed by atoms with Gasteiger partial charge in [0.15, 0.2) is 0 Å². The van der Waals surface area contributed by atoms with Crippen molar-refractivity contribution in [1.82, 2.24) is 15.2 Å². The van der Waals surface area contributed by atoms with Crippen LogP contribution in [0.3, 0.4) is 0 Å². The molecule has 2 rings (SSSR count). The quantitative estimate of drug-likeness (QED) is 0.805. The molecular formula is C12H19N3. The summed E-state index contributed by atoms with van der Waals surface area (Å²) in [6, 6.07) is 4.14. The number of hydrogen-bond donors (Lipinski definition) is 1. The Morgan fingerprint density at radius 1 is 1.60 bits per heavy atom. The zero-order chi connectivity index (χ0) is 10.7. The van der Waals surface area contributed by atoms with Gasteiger partial charge in [0.05, 0.1) is 0 Å². The van der Waals surface area contributed by atoms with Crippen molar-refractivity contribution in [2.45, 2.75) is 25.4 Å². The Morgan fingerprint density at radius 2 is 2.47 bits per heavy atom. The molecule has 0 saturated carbocycles. The van der Waals surface area contributed by atoms with Gasteiger partial charge in [-0.15, -0.1) is 0 Å². The molecule has 0 amide bonds. The smallest absolute Gasteiger partial charge is 0.0312 e. The molecule has 2 heterocycles. The van der Waals surface area contributed by atoms with Crippen LogP contribution in [0.1, 0.15) is 18.9 Å². The zero-order valence-electron chi connectivity index (χ0n) is 9.53. The Morgan fingerprint density at radius 3 is 3.07 bits per heavy atom. The Hall–Kier alpha value is -0.930. The summed E-state index contributed by atoms with van der Waals surface area (Å²) in [7, 11) is 2.05. The maximum Gasteiger partial charge on any atom is 0.0312 e. The molecule has 1 aliphatic rings. The molecule has 0 aromatic carbocycles. The van der Waals surface area contributed by atoms with Crippen molar-refractivity contribution in [1.29, 1.82) is 0 Å². The summed E-state index contributed by atoms with van der Waals surface area (Å²) in [5, 5.41) is 3.40. The highest BCUT2D eigenvalue weighted by molar-refractivity contribution is 5.09. The second-order valence-electron chi connectivity index (χ2n) is 4.63. The van der Waals surface area contributed by atoms with E-state index >= 15 is 0 Å². The highest BCUT2D eigenvalue weighted by Gasteiger charge is 2.31. The third-order valence-corrected chi connectivity index (χ3v) is 3.28. The Labute approximate surface area is 91.5 Å². The molecule has 1 N–H and O–H groups in total. The summed E-state index contributed by atoms with van der Waals surface area (Å²) >= 11 is 0. The van der Waals surface area contributed by atoms with Crippen LogP contribution in [0.5, 0.6) is 0 Å². The lowest BCUT2D eigenvalue weighted by Gasteiger charge is -2.24. The normalized spacial score (nSPS) is 27.1. The Bertz CT molecular complexity index is 312. The van der Waals surface area contributed by atoms with Crippen LogP contribution in [0.25, 0.3) is 0 Å². The van der Waals surface area contributed by atoms with Crippen LogP contribution in [0, 0.1) is 0 Å². The van der Waals surface area contributed by atoms with Gasteiger partial charge in [-0.25, -0.2) is 0 Å². The predicted octanol–water partition coefficient (Wildman–Crippen LogP) is 1.27. The fourth-order valence-electron chi connectivity index (χ4n) is 2.15. The molecule has 15 heavy (non-hydrogen) atoms. The molecule has 1 aromatic heterocycles. The van der Waals surface area contributed by atoms with Crippen molar-refractivity contribution in [3.63, 3.8) is 0 Å². The molecule has 1 aromatic rings. The standard InChI is InChI=1S/C12H19N3/c1-12(13-2)5-7-15(10-12)9-11-4-3-6-14-8-11/h3-4,6,8,13H,5,7,9-10H2,1-2H3. The average Bonchev–Trinajstić information content (AvgIpc) is 2.63. The van der Waals surface area contributed by atoms with Gasteiger partial charge >= 0.3 is 0 Å². The summed E-state index contributed by atoms with van der Waals surface area (Å²) in [5.74, 6) is 0. The summed E-state index contributed by atoms with van der Waals surface area (Å²) in [6.45, 7) is 5.60. The van der Waals surface area contributed by atoms with Crippen LogP contribution in [0.15, 0.2) is 24.5 Å². The second kappa shape index (κ2) is 4.29. The number of aromatic nitrogens is 1. The largest absolute Gasteiger partial charge is 0.313 e. The predicted molar refractivity (Wildman–Crippen MR) is 61.6 cm³/mol. The molecule has 3 nitrogen and oxygen atoms in total. The highest BCUT2D eigenvalue weighted by Crippen LogP contribution is 2.21. The number of pyridine rings is 1. The number of hydrogen-bond acceptors (Lipinski definition) is 3. The lowest BCUT2D eigenvalue weighted by atomic mass is 10.0. The summed E-state index contributed by atoms with van der Waals surface area (Å²) in [6.07, 6.45) is 5.00. The van der Waals surface area contributed by atoms with E-state index in [0.717, 1.165) is 13.1 Å². The number of likely N-dealkylation sites (N-methyl/N-ethyl adjacent to an activating group) is 1. The van der Waals surface area contributed by atoms with Crippen LogP contribution >= 0.6 is 0 Å². The second-order valence-corrected chi connectivity index (χ2v) is 4.63. The van der Waals surface area contributed by atoms with Crippen molar-refractivity contribution in [2.75, 3.05) is 20.1 Å². The van der Waals surface area contributed by atoms with Gasteiger partial charge in [-0.3, -0.25) is 9.88 Å². The fraction of sp³-hybridized carbons (Fsp3) is 0.583.